The van der Waals surface area contributed by atoms with Gasteiger partial charge in [-0.15, -0.1) is 0 Å². The minimum absolute atomic E-state index is 0.0679. The van der Waals surface area contributed by atoms with E-state index in [-0.39, 0.29) is 6.17 Å². The Balaban J connectivity index is 0.00000176. The van der Waals surface area contributed by atoms with Crippen molar-refractivity contribution in [2.24, 2.45) is 0 Å². The Morgan fingerprint density at radius 2 is 1.69 bits per heavy atom. The van der Waals surface area contributed by atoms with Crippen LogP contribution in [0.15, 0.2) is 48.7 Å². The van der Waals surface area contributed by atoms with Gasteiger partial charge in [-0.25, -0.2) is 15.0 Å². The molecule has 0 saturated carbocycles. The monoisotopic (exact) mass is 481 g/mol. The van der Waals surface area contributed by atoms with Crippen molar-refractivity contribution in [1.82, 2.24) is 25.3 Å². The van der Waals surface area contributed by atoms with Gasteiger partial charge >= 0.3 is 0 Å². The van der Waals surface area contributed by atoms with Crippen LogP contribution < -0.4 is 15.5 Å². The zero-order chi connectivity index (χ0) is 26.2. The first-order valence-corrected chi connectivity index (χ1v) is 11.5. The van der Waals surface area contributed by atoms with E-state index in [0.717, 1.165) is 44.8 Å². The molecule has 3 heterocycles. The molecule has 0 radical (unpaired) electrons. The molecule has 1 aromatic carbocycles. The fraction of sp³-hybridized carbons (Fsp3) is 0.250. The minimum atomic E-state index is 0.0679. The zero-order valence-electron chi connectivity index (χ0n) is 21.5. The first-order chi connectivity index (χ1) is 17.4. The van der Waals surface area contributed by atoms with Crippen LogP contribution in [0.2, 0.25) is 0 Å². The van der Waals surface area contributed by atoms with Crippen LogP contribution in [0.3, 0.4) is 0 Å². The van der Waals surface area contributed by atoms with Gasteiger partial charge in [-0.1, -0.05) is 12.0 Å². The number of fused-ring (bicyclic) bond motifs is 1. The first kappa shape index (κ1) is 26.3. The second-order valence-corrected chi connectivity index (χ2v) is 8.37. The van der Waals surface area contributed by atoms with E-state index >= 15 is 0 Å². The largest absolute Gasteiger partial charge is 0.355 e. The van der Waals surface area contributed by atoms with Crippen molar-refractivity contribution in [3.63, 3.8) is 0 Å². The predicted octanol–water partition coefficient (Wildman–Crippen LogP) is 3.96. The molecular weight excluding hydrogens is 450 g/mol. The number of benzene rings is 1. The normalized spacial score (nSPS) is 11.1. The van der Waals surface area contributed by atoms with Crippen LogP contribution in [0.5, 0.6) is 0 Å². The molecule has 4 rings (SSSR count). The molecule has 0 amide bonds. The van der Waals surface area contributed by atoms with Crippen LogP contribution in [0.25, 0.3) is 22.0 Å². The summed E-state index contributed by atoms with van der Waals surface area (Å²) in [7, 11) is 5.78. The molecule has 0 bridgehead atoms. The molecule has 8 nitrogen and oxygen atoms in total. The third kappa shape index (κ3) is 6.01. The van der Waals surface area contributed by atoms with Crippen LogP contribution in [0.1, 0.15) is 29.6 Å². The Kier molecular flexibility index (Phi) is 8.66. The molecule has 36 heavy (non-hydrogen) atoms. The summed E-state index contributed by atoms with van der Waals surface area (Å²) in [4.78, 5) is 28.5. The van der Waals surface area contributed by atoms with Crippen LogP contribution >= 0.6 is 0 Å². The van der Waals surface area contributed by atoms with Gasteiger partial charge in [0, 0.05) is 42.4 Å². The lowest BCUT2D eigenvalue weighted by molar-refractivity contribution is -0.0979. The number of pyridine rings is 2. The van der Waals surface area contributed by atoms with Crippen molar-refractivity contribution in [3.8, 4) is 23.0 Å². The highest BCUT2D eigenvalue weighted by atomic mass is 16.1. The minimum Gasteiger partial charge on any atom is -0.355 e. The number of nitrogens with one attached hydrogen (secondary N) is 2. The molecule has 0 aliphatic heterocycles. The quantitative estimate of drug-likeness (QED) is 0.327. The lowest BCUT2D eigenvalue weighted by Crippen LogP contribution is -2.30. The smallest absolute Gasteiger partial charge is 0.225 e. The number of anilines is 2. The highest BCUT2D eigenvalue weighted by Gasteiger charge is 2.16. The number of aryl methyl sites for hydroxylation is 2. The van der Waals surface area contributed by atoms with Crippen LogP contribution in [0, 0.1) is 25.7 Å². The molecule has 0 saturated heterocycles. The van der Waals surface area contributed by atoms with E-state index in [9.17, 15) is 0 Å². The third-order valence-corrected chi connectivity index (χ3v) is 5.55. The van der Waals surface area contributed by atoms with E-state index in [2.05, 4.69) is 27.5 Å². The summed E-state index contributed by atoms with van der Waals surface area (Å²) in [6.07, 6.45) is 1.86. The lowest BCUT2D eigenvalue weighted by Gasteiger charge is -2.17. The fourth-order valence-electron chi connectivity index (χ4n) is 3.70. The Hall–Kier alpha value is -4.35. The lowest BCUT2D eigenvalue weighted by atomic mass is 10.0. The number of aromatic nitrogens is 4. The number of nitrogens with zero attached hydrogens (tertiary/aromatic N) is 5. The van der Waals surface area contributed by atoms with Crippen LogP contribution in [0.4, 0.5) is 11.8 Å². The molecule has 0 spiro atoms. The van der Waals surface area contributed by atoms with Crippen molar-refractivity contribution in [1.29, 1.82) is 0 Å². The molecule has 1 unspecified atom stereocenters. The van der Waals surface area contributed by atoms with Gasteiger partial charge < -0.3 is 20.3 Å². The van der Waals surface area contributed by atoms with Gasteiger partial charge in [0.1, 0.15) is 18.3 Å². The Morgan fingerprint density at radius 1 is 0.972 bits per heavy atom. The second kappa shape index (κ2) is 11.9. The number of carbonyl (C=O) groups is 1. The maximum absolute atomic E-state index is 8.00. The molecule has 1 atom stereocenters. The predicted molar refractivity (Wildman–Crippen MR) is 146 cm³/mol. The maximum atomic E-state index is 8.00. The number of hydrogen-bond donors (Lipinski definition) is 2. The molecular formula is C28H31N7O. The summed E-state index contributed by atoms with van der Waals surface area (Å²) in [5, 5.41) is 7.58. The molecule has 4 aromatic rings. The van der Waals surface area contributed by atoms with E-state index in [1.807, 2.05) is 96.1 Å². The van der Waals surface area contributed by atoms with Crippen molar-refractivity contribution < 1.29 is 4.79 Å². The molecule has 0 aliphatic rings. The highest BCUT2D eigenvalue weighted by molar-refractivity contribution is 5.80. The highest BCUT2D eigenvalue weighted by Crippen LogP contribution is 2.30. The third-order valence-electron chi connectivity index (χ3n) is 5.55. The summed E-state index contributed by atoms with van der Waals surface area (Å²) in [5.41, 5.74) is 6.18. The number of hydrogen-bond acceptors (Lipinski definition) is 8. The van der Waals surface area contributed by atoms with Gasteiger partial charge in [0.25, 0.3) is 0 Å². The summed E-state index contributed by atoms with van der Waals surface area (Å²) >= 11 is 0. The Morgan fingerprint density at radius 3 is 2.36 bits per heavy atom. The van der Waals surface area contributed by atoms with E-state index in [1.54, 1.807) is 6.20 Å². The van der Waals surface area contributed by atoms with Gasteiger partial charge in [-0.3, -0.25) is 4.98 Å². The summed E-state index contributed by atoms with van der Waals surface area (Å²) in [6, 6.07) is 14.0. The van der Waals surface area contributed by atoms with E-state index in [4.69, 9.17) is 19.7 Å². The van der Waals surface area contributed by atoms with Gasteiger partial charge in [0.05, 0.1) is 23.1 Å². The summed E-state index contributed by atoms with van der Waals surface area (Å²) in [5.74, 6) is 8.04. The molecule has 8 heteroatoms. The maximum Gasteiger partial charge on any atom is 0.225 e. The first-order valence-electron chi connectivity index (χ1n) is 11.5. The van der Waals surface area contributed by atoms with E-state index < -0.39 is 0 Å². The summed E-state index contributed by atoms with van der Waals surface area (Å²) < 4.78 is 0. The molecule has 0 aliphatic carbocycles. The standard InChI is InChI=1S/C27H29N7.CH2O/c1-17-26(18(2)31-27(30-17)34(5)6)22-11-14-25(32-19(3)28-4)33-24(22)13-10-20-9-12-23-21(16-20)8-7-15-29-23;1-2/h7-9,11-12,14-16,19,28H,1-6H3,(H,32,33);1H2. The van der Waals surface area contributed by atoms with Crippen LogP contribution in [-0.4, -0.2) is 54.0 Å². The second-order valence-electron chi connectivity index (χ2n) is 8.37. The average Bonchev–Trinajstić information content (AvgIpc) is 2.88. The average molecular weight is 482 g/mol. The molecule has 0 fully saturated rings. The topological polar surface area (TPSA) is 95.9 Å². The summed E-state index contributed by atoms with van der Waals surface area (Å²) in [6.45, 7) is 8.03. The van der Waals surface area contributed by atoms with Gasteiger partial charge in [0.15, 0.2) is 0 Å². The van der Waals surface area contributed by atoms with Crippen molar-refractivity contribution in [2.45, 2.75) is 26.9 Å². The van der Waals surface area contributed by atoms with Gasteiger partial charge in [0.2, 0.25) is 5.95 Å². The van der Waals surface area contributed by atoms with Gasteiger partial charge in [-0.2, -0.15) is 0 Å². The fourth-order valence-corrected chi connectivity index (χ4v) is 3.70. The van der Waals surface area contributed by atoms with Crippen LogP contribution in [-0.2, 0) is 4.79 Å². The number of carbonyl (C=O) groups excluding carboxylic acids is 1. The number of rotatable bonds is 5. The van der Waals surface area contributed by atoms with Crippen molar-refractivity contribution in [2.75, 3.05) is 31.4 Å². The molecule has 2 N–H and O–H groups in total. The van der Waals surface area contributed by atoms with Crippen molar-refractivity contribution >= 4 is 29.5 Å². The SMILES string of the molecule is C=O.CNC(C)Nc1ccc(-c2c(C)nc(N(C)C)nc2C)c(C#Cc2ccc3ncccc3c2)n1. The Bertz CT molecular complexity index is 1400. The zero-order valence-corrected chi connectivity index (χ0v) is 21.5. The molecule has 184 valence electrons. The van der Waals surface area contributed by atoms with E-state index in [1.165, 1.54) is 0 Å². The molecule has 3 aromatic heterocycles. The van der Waals surface area contributed by atoms with Gasteiger partial charge in [-0.05, 0) is 70.1 Å². The Labute approximate surface area is 212 Å². The van der Waals surface area contributed by atoms with Crippen molar-refractivity contribution in [3.05, 3.63) is 71.3 Å². The van der Waals surface area contributed by atoms with E-state index in [0.29, 0.717) is 11.6 Å².